The molecular formula is C13H16N4. The van der Waals surface area contributed by atoms with Crippen LogP contribution >= 0.6 is 0 Å². The van der Waals surface area contributed by atoms with E-state index in [-0.39, 0.29) is 0 Å². The van der Waals surface area contributed by atoms with Crippen LogP contribution in [0.2, 0.25) is 0 Å². The molecule has 1 heterocycles. The van der Waals surface area contributed by atoms with Gasteiger partial charge in [-0.25, -0.2) is 9.67 Å². The van der Waals surface area contributed by atoms with E-state index in [9.17, 15) is 0 Å². The summed E-state index contributed by atoms with van der Waals surface area (Å²) in [5.41, 5.74) is 3.62. The second kappa shape index (κ2) is 4.30. The number of aromatic nitrogens is 3. The zero-order valence-electron chi connectivity index (χ0n) is 9.93. The van der Waals surface area contributed by atoms with Gasteiger partial charge in [-0.05, 0) is 37.0 Å². The standard InChI is InChI=1S/C13H16N4/c1-10-2-3-11(7-15-12-4-5-12)6-13(10)17-9-14-8-16-17/h2-3,6,8-9,12,15H,4-5,7H2,1H3. The largest absolute Gasteiger partial charge is 0.310 e. The van der Waals surface area contributed by atoms with Gasteiger partial charge in [0.05, 0.1) is 5.69 Å². The van der Waals surface area contributed by atoms with Gasteiger partial charge < -0.3 is 5.32 Å². The first kappa shape index (κ1) is 10.5. The van der Waals surface area contributed by atoms with Crippen LogP contribution in [0.1, 0.15) is 24.0 Å². The van der Waals surface area contributed by atoms with Crippen LogP contribution in [0.15, 0.2) is 30.9 Å². The number of hydrogen-bond acceptors (Lipinski definition) is 3. The molecule has 1 N–H and O–H groups in total. The second-order valence-corrected chi connectivity index (χ2v) is 4.62. The first-order valence-corrected chi connectivity index (χ1v) is 6.01. The average molecular weight is 228 g/mol. The van der Waals surface area contributed by atoms with E-state index in [2.05, 4.69) is 40.5 Å². The minimum Gasteiger partial charge on any atom is -0.310 e. The fraction of sp³-hybridized carbons (Fsp3) is 0.385. The second-order valence-electron chi connectivity index (χ2n) is 4.62. The van der Waals surface area contributed by atoms with E-state index in [4.69, 9.17) is 0 Å². The van der Waals surface area contributed by atoms with Gasteiger partial charge in [-0.3, -0.25) is 0 Å². The highest BCUT2D eigenvalue weighted by molar-refractivity contribution is 5.42. The molecule has 0 atom stereocenters. The summed E-state index contributed by atoms with van der Waals surface area (Å²) < 4.78 is 1.82. The van der Waals surface area contributed by atoms with Crippen molar-refractivity contribution >= 4 is 0 Å². The summed E-state index contributed by atoms with van der Waals surface area (Å²) in [6.07, 6.45) is 5.94. The molecule has 3 rings (SSSR count). The predicted octanol–water partition coefficient (Wildman–Crippen LogP) is 1.83. The van der Waals surface area contributed by atoms with Gasteiger partial charge >= 0.3 is 0 Å². The van der Waals surface area contributed by atoms with Gasteiger partial charge in [-0.15, -0.1) is 0 Å². The topological polar surface area (TPSA) is 42.7 Å². The van der Waals surface area contributed by atoms with Crippen molar-refractivity contribution in [2.45, 2.75) is 32.4 Å². The molecule has 2 aromatic rings. The smallest absolute Gasteiger partial charge is 0.138 e. The molecule has 0 aliphatic heterocycles. The molecule has 4 nitrogen and oxygen atoms in total. The SMILES string of the molecule is Cc1ccc(CNC2CC2)cc1-n1cncn1. The molecule has 1 fully saturated rings. The third-order valence-corrected chi connectivity index (χ3v) is 3.11. The van der Waals surface area contributed by atoms with Crippen LogP contribution in [0.3, 0.4) is 0 Å². The monoisotopic (exact) mass is 228 g/mol. The van der Waals surface area contributed by atoms with E-state index < -0.39 is 0 Å². The maximum absolute atomic E-state index is 4.18. The zero-order chi connectivity index (χ0) is 11.7. The first-order chi connectivity index (χ1) is 8.33. The molecule has 1 aliphatic rings. The Kier molecular flexibility index (Phi) is 2.65. The van der Waals surface area contributed by atoms with Crippen molar-refractivity contribution in [2.24, 2.45) is 0 Å². The first-order valence-electron chi connectivity index (χ1n) is 6.01. The molecule has 0 saturated heterocycles. The minimum atomic E-state index is 0.742. The Labute approximate surface area is 101 Å². The van der Waals surface area contributed by atoms with Crippen LogP contribution in [0, 0.1) is 6.92 Å². The van der Waals surface area contributed by atoms with Gasteiger partial charge in [0.25, 0.3) is 0 Å². The molecule has 1 aromatic heterocycles. The molecule has 17 heavy (non-hydrogen) atoms. The van der Waals surface area contributed by atoms with E-state index in [1.807, 2.05) is 4.68 Å². The van der Waals surface area contributed by atoms with Gasteiger partial charge in [0.15, 0.2) is 0 Å². The lowest BCUT2D eigenvalue weighted by atomic mass is 10.1. The van der Waals surface area contributed by atoms with E-state index in [0.717, 1.165) is 18.3 Å². The Bertz CT molecular complexity index is 500. The molecular weight excluding hydrogens is 212 g/mol. The number of nitrogens with zero attached hydrogens (tertiary/aromatic N) is 3. The molecule has 0 spiro atoms. The molecule has 1 aromatic carbocycles. The van der Waals surface area contributed by atoms with Gasteiger partial charge in [-0.2, -0.15) is 5.10 Å². The van der Waals surface area contributed by atoms with Crippen molar-refractivity contribution in [1.29, 1.82) is 0 Å². The molecule has 1 saturated carbocycles. The molecule has 88 valence electrons. The molecule has 1 aliphatic carbocycles. The van der Waals surface area contributed by atoms with E-state index in [1.54, 1.807) is 12.7 Å². The highest BCUT2D eigenvalue weighted by Crippen LogP contribution is 2.20. The van der Waals surface area contributed by atoms with Crippen molar-refractivity contribution in [2.75, 3.05) is 0 Å². The van der Waals surface area contributed by atoms with Gasteiger partial charge in [0.2, 0.25) is 0 Å². The van der Waals surface area contributed by atoms with Gasteiger partial charge in [0, 0.05) is 12.6 Å². The lowest BCUT2D eigenvalue weighted by molar-refractivity contribution is 0.686. The maximum atomic E-state index is 4.18. The molecule has 4 heteroatoms. The van der Waals surface area contributed by atoms with Crippen LogP contribution in [0.4, 0.5) is 0 Å². The number of nitrogens with one attached hydrogen (secondary N) is 1. The van der Waals surface area contributed by atoms with E-state index >= 15 is 0 Å². The summed E-state index contributed by atoms with van der Waals surface area (Å²) >= 11 is 0. The molecule has 0 bridgehead atoms. The van der Waals surface area contributed by atoms with E-state index in [1.165, 1.54) is 24.0 Å². The third-order valence-electron chi connectivity index (χ3n) is 3.11. The van der Waals surface area contributed by atoms with Crippen molar-refractivity contribution < 1.29 is 0 Å². The Hall–Kier alpha value is -1.68. The summed E-state index contributed by atoms with van der Waals surface area (Å²) in [5.74, 6) is 0. The average Bonchev–Trinajstić information content (AvgIpc) is 3.01. The van der Waals surface area contributed by atoms with Crippen molar-refractivity contribution in [3.63, 3.8) is 0 Å². The Morgan fingerprint density at radius 2 is 2.29 bits per heavy atom. The summed E-state index contributed by atoms with van der Waals surface area (Å²) in [7, 11) is 0. The van der Waals surface area contributed by atoms with Crippen molar-refractivity contribution in [3.05, 3.63) is 42.0 Å². The van der Waals surface area contributed by atoms with E-state index in [0.29, 0.717) is 0 Å². The zero-order valence-corrected chi connectivity index (χ0v) is 9.93. The highest BCUT2D eigenvalue weighted by atomic mass is 15.3. The highest BCUT2D eigenvalue weighted by Gasteiger charge is 2.19. The Morgan fingerprint density at radius 1 is 1.41 bits per heavy atom. The van der Waals surface area contributed by atoms with Crippen molar-refractivity contribution in [1.82, 2.24) is 20.1 Å². The predicted molar refractivity (Wildman–Crippen MR) is 66.0 cm³/mol. The number of benzene rings is 1. The summed E-state index contributed by atoms with van der Waals surface area (Å²) in [5, 5.41) is 7.70. The number of rotatable bonds is 4. The molecule has 0 amide bonds. The van der Waals surface area contributed by atoms with Crippen molar-refractivity contribution in [3.8, 4) is 5.69 Å². The summed E-state index contributed by atoms with van der Waals surface area (Å²) in [4.78, 5) is 3.99. The Morgan fingerprint density at radius 3 is 3.00 bits per heavy atom. The minimum absolute atomic E-state index is 0.742. The fourth-order valence-corrected chi connectivity index (χ4v) is 1.89. The normalized spacial score (nSPS) is 15.1. The quantitative estimate of drug-likeness (QED) is 0.868. The lowest BCUT2D eigenvalue weighted by Gasteiger charge is -2.09. The molecule has 0 unspecified atom stereocenters. The van der Waals surface area contributed by atoms with Crippen LogP contribution in [0.5, 0.6) is 0 Å². The van der Waals surface area contributed by atoms with Crippen LogP contribution in [-0.4, -0.2) is 20.8 Å². The summed E-state index contributed by atoms with van der Waals surface area (Å²) in [6.45, 7) is 3.03. The van der Waals surface area contributed by atoms with Crippen LogP contribution < -0.4 is 5.32 Å². The summed E-state index contributed by atoms with van der Waals surface area (Å²) in [6, 6.07) is 7.23. The number of hydrogen-bond donors (Lipinski definition) is 1. The maximum Gasteiger partial charge on any atom is 0.138 e. The fourth-order valence-electron chi connectivity index (χ4n) is 1.89. The van der Waals surface area contributed by atoms with Crippen LogP contribution in [-0.2, 0) is 6.54 Å². The molecule has 0 radical (unpaired) electrons. The Balaban J connectivity index is 1.83. The van der Waals surface area contributed by atoms with Gasteiger partial charge in [0.1, 0.15) is 12.7 Å². The van der Waals surface area contributed by atoms with Gasteiger partial charge in [-0.1, -0.05) is 12.1 Å². The third kappa shape index (κ3) is 2.36. The lowest BCUT2D eigenvalue weighted by Crippen LogP contribution is -2.15. The van der Waals surface area contributed by atoms with Crippen LogP contribution in [0.25, 0.3) is 5.69 Å². The number of aryl methyl sites for hydroxylation is 1.